The van der Waals surface area contributed by atoms with Crippen LogP contribution in [0.1, 0.15) is 27.7 Å². The van der Waals surface area contributed by atoms with Crippen LogP contribution in [-0.2, 0) is 4.65 Å². The van der Waals surface area contributed by atoms with Crippen molar-refractivity contribution in [2.45, 2.75) is 39.6 Å². The highest BCUT2D eigenvalue weighted by Crippen LogP contribution is 2.46. The van der Waals surface area contributed by atoms with Crippen LogP contribution in [0.4, 0.5) is 0 Å². The topological polar surface area (TPSA) is 9.23 Å². The van der Waals surface area contributed by atoms with Crippen LogP contribution in [-0.4, -0.2) is 12.5 Å². The summed E-state index contributed by atoms with van der Waals surface area (Å²) in [6, 6.07) is 33.2. The molecule has 1 saturated heterocycles. The van der Waals surface area contributed by atoms with E-state index < -0.39 is 0 Å². The quantitative estimate of drug-likeness (QED) is 0.246. The van der Waals surface area contributed by atoms with Gasteiger partial charge in [-0.1, -0.05) is 92.7 Å². The Labute approximate surface area is 206 Å². The van der Waals surface area contributed by atoms with Crippen molar-refractivity contribution >= 4 is 43.9 Å². The third kappa shape index (κ3) is 3.50. The molecule has 0 bridgehead atoms. The summed E-state index contributed by atoms with van der Waals surface area (Å²) in [4.78, 5) is 0. The molecule has 2 heterocycles. The lowest BCUT2D eigenvalue weighted by Gasteiger charge is -2.34. The highest BCUT2D eigenvalue weighted by Gasteiger charge is 2.49. The van der Waals surface area contributed by atoms with Crippen molar-refractivity contribution in [3.05, 3.63) is 91.0 Å². The smallest absolute Gasteiger partial charge is 0.328 e. The van der Waals surface area contributed by atoms with Crippen molar-refractivity contribution in [3.63, 3.8) is 0 Å². The molecule has 1 aliphatic rings. The molecule has 3 heteroatoms. The van der Waals surface area contributed by atoms with E-state index in [4.69, 9.17) is 4.65 Å². The number of benzene rings is 4. The van der Waals surface area contributed by atoms with E-state index in [1.807, 2.05) is 11.3 Å². The molecule has 34 heavy (non-hydrogen) atoms. The molecule has 6 rings (SSSR count). The van der Waals surface area contributed by atoms with E-state index in [9.17, 15) is 0 Å². The summed E-state index contributed by atoms with van der Waals surface area (Å²) in [6.45, 7) is 9.20. The van der Waals surface area contributed by atoms with Gasteiger partial charge in [-0.2, -0.15) is 0 Å². The zero-order valence-corrected chi connectivity index (χ0v) is 21.1. The molecule has 5 aromatic rings. The zero-order chi connectivity index (χ0) is 23.5. The van der Waals surface area contributed by atoms with Gasteiger partial charge in [0, 0.05) is 20.2 Å². The molecule has 0 amide bonds. The van der Waals surface area contributed by atoms with Gasteiger partial charge in [0.1, 0.15) is 0 Å². The van der Waals surface area contributed by atoms with Gasteiger partial charge < -0.3 is 4.65 Å². The molecule has 1 aromatic heterocycles. The molecule has 1 nitrogen and oxygen atoms in total. The van der Waals surface area contributed by atoms with E-state index in [0.717, 1.165) is 6.32 Å². The summed E-state index contributed by atoms with van der Waals surface area (Å²) < 4.78 is 9.36. The molecule has 0 saturated carbocycles. The van der Waals surface area contributed by atoms with E-state index in [1.165, 1.54) is 47.9 Å². The van der Waals surface area contributed by atoms with Crippen molar-refractivity contribution in [2.24, 2.45) is 5.41 Å². The lowest BCUT2D eigenvalue weighted by molar-refractivity contribution is 0.0375. The first-order valence-electron chi connectivity index (χ1n) is 12.1. The van der Waals surface area contributed by atoms with Crippen molar-refractivity contribution in [1.82, 2.24) is 0 Å². The minimum absolute atomic E-state index is 0.0917. The van der Waals surface area contributed by atoms with Crippen LogP contribution in [0, 0.1) is 5.41 Å². The van der Waals surface area contributed by atoms with Crippen LogP contribution in [0.5, 0.6) is 0 Å². The molecule has 1 aliphatic heterocycles. The van der Waals surface area contributed by atoms with Gasteiger partial charge >= 0.3 is 6.92 Å². The van der Waals surface area contributed by atoms with Crippen LogP contribution >= 0.6 is 11.3 Å². The van der Waals surface area contributed by atoms with Gasteiger partial charge in [0.15, 0.2) is 0 Å². The maximum absolute atomic E-state index is 6.67. The van der Waals surface area contributed by atoms with E-state index in [-0.39, 0.29) is 17.9 Å². The second kappa shape index (κ2) is 7.83. The van der Waals surface area contributed by atoms with Crippen molar-refractivity contribution in [2.75, 3.05) is 0 Å². The lowest BCUT2D eigenvalue weighted by Crippen LogP contribution is -2.36. The minimum atomic E-state index is -0.161. The largest absolute Gasteiger partial charge is 0.426 e. The standard InChI is InChI=1S/C31H29BOS/c1-30(2)20-32(33-31(30,3)4)24-18-22(21-11-6-5-7-12-21)17-23(19-24)25-14-10-15-27-26-13-8-9-16-28(26)34-29(25)27/h5-19H,20H2,1-4H3. The number of rotatable bonds is 3. The third-order valence-corrected chi connectivity index (χ3v) is 9.13. The van der Waals surface area contributed by atoms with Crippen molar-refractivity contribution in [1.29, 1.82) is 0 Å². The Kier molecular flexibility index (Phi) is 4.99. The number of hydrogen-bond acceptors (Lipinski definition) is 2. The first-order chi connectivity index (χ1) is 16.3. The van der Waals surface area contributed by atoms with Gasteiger partial charge in [-0.3, -0.25) is 0 Å². The highest BCUT2D eigenvalue weighted by atomic mass is 32.1. The number of hydrogen-bond donors (Lipinski definition) is 0. The second-order valence-electron chi connectivity index (χ2n) is 10.7. The van der Waals surface area contributed by atoms with Gasteiger partial charge in [0.05, 0.1) is 5.60 Å². The first kappa shape index (κ1) is 21.6. The number of thiophene rings is 1. The average molecular weight is 460 g/mol. The van der Waals surface area contributed by atoms with Crippen LogP contribution in [0.25, 0.3) is 42.4 Å². The molecule has 4 aromatic carbocycles. The molecule has 1 fully saturated rings. The van der Waals surface area contributed by atoms with E-state index in [2.05, 4.69) is 119 Å². The fraction of sp³-hybridized carbons (Fsp3) is 0.226. The SMILES string of the molecule is CC1(C)CB(c2cc(-c3ccccc3)cc(-c3cccc4c3sc3ccccc34)c2)OC1(C)C. The summed E-state index contributed by atoms with van der Waals surface area (Å²) in [5.74, 6) is 0. The predicted octanol–water partition coefficient (Wildman–Crippen LogP) is 8.42. The van der Waals surface area contributed by atoms with Gasteiger partial charge in [-0.05, 0) is 65.4 Å². The molecule has 0 spiro atoms. The highest BCUT2D eigenvalue weighted by molar-refractivity contribution is 7.26. The Morgan fingerprint density at radius 2 is 1.41 bits per heavy atom. The molecular weight excluding hydrogens is 431 g/mol. The average Bonchev–Trinajstić information content (AvgIpc) is 3.32. The van der Waals surface area contributed by atoms with Crippen LogP contribution < -0.4 is 5.46 Å². The Morgan fingerprint density at radius 1 is 0.706 bits per heavy atom. The summed E-state index contributed by atoms with van der Waals surface area (Å²) in [5, 5.41) is 2.68. The maximum atomic E-state index is 6.67. The fourth-order valence-corrected chi connectivity index (χ4v) is 6.46. The van der Waals surface area contributed by atoms with Crippen molar-refractivity contribution in [3.8, 4) is 22.3 Å². The summed E-state index contributed by atoms with van der Waals surface area (Å²) >= 11 is 1.89. The van der Waals surface area contributed by atoms with Gasteiger partial charge in [0.2, 0.25) is 0 Å². The van der Waals surface area contributed by atoms with E-state index in [0.29, 0.717) is 0 Å². The van der Waals surface area contributed by atoms with Gasteiger partial charge in [-0.15, -0.1) is 11.3 Å². The predicted molar refractivity (Wildman–Crippen MR) is 149 cm³/mol. The normalized spacial score (nSPS) is 17.0. The summed E-state index contributed by atoms with van der Waals surface area (Å²) in [7, 11) is 0. The third-order valence-electron chi connectivity index (χ3n) is 7.91. The molecule has 0 radical (unpaired) electrons. The zero-order valence-electron chi connectivity index (χ0n) is 20.3. The van der Waals surface area contributed by atoms with Gasteiger partial charge in [-0.25, -0.2) is 0 Å². The van der Waals surface area contributed by atoms with Crippen molar-refractivity contribution < 1.29 is 4.65 Å². The minimum Gasteiger partial charge on any atom is -0.426 e. The Balaban J connectivity index is 1.56. The van der Waals surface area contributed by atoms with E-state index >= 15 is 0 Å². The Morgan fingerprint density at radius 3 is 2.18 bits per heavy atom. The second-order valence-corrected chi connectivity index (χ2v) is 11.7. The first-order valence-corrected chi connectivity index (χ1v) is 12.9. The van der Waals surface area contributed by atoms with Crippen LogP contribution in [0.3, 0.4) is 0 Å². The molecular formula is C31H29BOS. The molecule has 0 aliphatic carbocycles. The monoisotopic (exact) mass is 460 g/mol. The van der Waals surface area contributed by atoms with E-state index in [1.54, 1.807) is 0 Å². The van der Waals surface area contributed by atoms with Crippen LogP contribution in [0.15, 0.2) is 91.0 Å². The Hall–Kier alpha value is -2.88. The molecule has 0 atom stereocenters. The maximum Gasteiger partial charge on any atom is 0.328 e. The van der Waals surface area contributed by atoms with Gasteiger partial charge in [0.25, 0.3) is 0 Å². The summed E-state index contributed by atoms with van der Waals surface area (Å²) in [6.07, 6.45) is 1.02. The fourth-order valence-electron chi connectivity index (χ4n) is 5.22. The molecule has 168 valence electrons. The molecule has 0 N–H and O–H groups in total. The summed E-state index contributed by atoms with van der Waals surface area (Å²) in [5.41, 5.74) is 6.28. The number of fused-ring (bicyclic) bond motifs is 3. The Bertz CT molecular complexity index is 1500. The van der Waals surface area contributed by atoms with Crippen LogP contribution in [0.2, 0.25) is 6.32 Å². The lowest BCUT2D eigenvalue weighted by atomic mass is 9.54. The molecule has 0 unspecified atom stereocenters.